The van der Waals surface area contributed by atoms with Crippen molar-refractivity contribution in [2.24, 2.45) is 17.3 Å². The van der Waals surface area contributed by atoms with Gasteiger partial charge in [0.1, 0.15) is 10.8 Å². The van der Waals surface area contributed by atoms with Crippen molar-refractivity contribution in [2.75, 3.05) is 5.32 Å². The van der Waals surface area contributed by atoms with Crippen LogP contribution in [0.5, 0.6) is 0 Å². The molecule has 30 heavy (non-hydrogen) atoms. The van der Waals surface area contributed by atoms with Gasteiger partial charge in [-0.05, 0) is 68.1 Å². The first kappa shape index (κ1) is 19.5. The van der Waals surface area contributed by atoms with Crippen molar-refractivity contribution in [2.45, 2.75) is 50.6 Å². The monoisotopic (exact) mass is 431 g/mol. The second-order valence-electron chi connectivity index (χ2n) is 9.34. The first-order valence-corrected chi connectivity index (χ1v) is 10.7. The third-order valence-electron chi connectivity index (χ3n) is 7.25. The predicted octanol–water partition coefficient (Wildman–Crippen LogP) is 4.03. The number of aliphatic carboxylic acids is 1. The van der Waals surface area contributed by atoms with Crippen molar-refractivity contribution < 1.29 is 14.3 Å². The predicted molar refractivity (Wildman–Crippen MR) is 110 cm³/mol. The summed E-state index contributed by atoms with van der Waals surface area (Å²) >= 11 is 6.42. The van der Waals surface area contributed by atoms with Gasteiger partial charge in [0, 0.05) is 6.54 Å². The third kappa shape index (κ3) is 3.02. The van der Waals surface area contributed by atoms with Crippen LogP contribution in [-0.2, 0) is 16.9 Å². The van der Waals surface area contributed by atoms with E-state index in [-0.39, 0.29) is 16.4 Å². The minimum Gasteiger partial charge on any atom is -0.481 e. The highest BCUT2D eigenvalue weighted by Crippen LogP contribution is 2.63. The Hall–Kier alpha value is -2.41. The first-order chi connectivity index (χ1) is 14.3. The second kappa shape index (κ2) is 6.80. The molecule has 4 aliphatic rings. The fourth-order valence-electron chi connectivity index (χ4n) is 6.41. The molecule has 6 nitrogen and oxygen atoms in total. The van der Waals surface area contributed by atoms with E-state index in [1.54, 1.807) is 18.3 Å². The molecule has 1 heterocycles. The van der Waals surface area contributed by atoms with Crippen LogP contribution in [0.15, 0.2) is 35.3 Å². The van der Waals surface area contributed by atoms with Crippen molar-refractivity contribution in [3.63, 3.8) is 0 Å². The fourth-order valence-corrected chi connectivity index (χ4v) is 6.60. The van der Waals surface area contributed by atoms with E-state index >= 15 is 0 Å². The zero-order chi connectivity index (χ0) is 21.1. The van der Waals surface area contributed by atoms with Gasteiger partial charge in [-0.1, -0.05) is 23.7 Å². The maximum Gasteiger partial charge on any atom is 0.309 e. The lowest BCUT2D eigenvalue weighted by Gasteiger charge is -2.60. The van der Waals surface area contributed by atoms with Crippen molar-refractivity contribution >= 4 is 23.3 Å². The summed E-state index contributed by atoms with van der Waals surface area (Å²) in [6.07, 6.45) is 5.97. The molecule has 6 rings (SSSR count). The minimum absolute atomic E-state index is 0.0484. The molecule has 0 amide bonds. The smallest absolute Gasteiger partial charge is 0.309 e. The van der Waals surface area contributed by atoms with E-state index < -0.39 is 16.9 Å². The molecule has 0 spiro atoms. The third-order valence-corrected chi connectivity index (χ3v) is 7.61. The molecule has 158 valence electrons. The van der Waals surface area contributed by atoms with Crippen LogP contribution in [0, 0.1) is 23.1 Å². The van der Waals surface area contributed by atoms with Crippen LogP contribution in [0.3, 0.4) is 0 Å². The van der Waals surface area contributed by atoms with Crippen LogP contribution < -0.4 is 10.9 Å². The summed E-state index contributed by atoms with van der Waals surface area (Å²) in [6, 6.07) is 6.07. The molecule has 2 N–H and O–H groups in total. The van der Waals surface area contributed by atoms with E-state index in [0.717, 1.165) is 24.8 Å². The molecular formula is C22H23ClFN3O3. The van der Waals surface area contributed by atoms with Gasteiger partial charge in [-0.15, -0.1) is 0 Å². The molecule has 0 saturated heterocycles. The highest BCUT2D eigenvalue weighted by Gasteiger charge is 2.62. The molecule has 8 heteroatoms. The molecule has 4 saturated carbocycles. The van der Waals surface area contributed by atoms with Crippen molar-refractivity contribution in [3.8, 4) is 0 Å². The van der Waals surface area contributed by atoms with Gasteiger partial charge in [-0.3, -0.25) is 9.59 Å². The van der Waals surface area contributed by atoms with Gasteiger partial charge in [-0.2, -0.15) is 5.10 Å². The normalized spacial score (nSPS) is 31.7. The quantitative estimate of drug-likeness (QED) is 0.746. The van der Waals surface area contributed by atoms with Crippen molar-refractivity contribution in [1.29, 1.82) is 0 Å². The summed E-state index contributed by atoms with van der Waals surface area (Å²) < 4.78 is 14.5. The maximum atomic E-state index is 13.2. The Morgan fingerprint density at radius 1 is 1.23 bits per heavy atom. The zero-order valence-corrected chi connectivity index (χ0v) is 17.2. The summed E-state index contributed by atoms with van der Waals surface area (Å²) in [5.74, 6) is -0.439. The van der Waals surface area contributed by atoms with Crippen molar-refractivity contribution in [3.05, 3.63) is 57.2 Å². The van der Waals surface area contributed by atoms with Crippen LogP contribution in [0.2, 0.25) is 5.02 Å². The lowest BCUT2D eigenvalue weighted by molar-refractivity contribution is -0.173. The van der Waals surface area contributed by atoms with Gasteiger partial charge in [-0.25, -0.2) is 9.07 Å². The number of halogens is 2. The second-order valence-corrected chi connectivity index (χ2v) is 9.72. The number of carboxylic acids is 1. The van der Waals surface area contributed by atoms with Crippen LogP contribution >= 0.6 is 11.6 Å². The Balaban J connectivity index is 1.44. The van der Waals surface area contributed by atoms with Gasteiger partial charge in [0.2, 0.25) is 0 Å². The van der Waals surface area contributed by atoms with Crippen molar-refractivity contribution in [1.82, 2.24) is 9.78 Å². The lowest BCUT2D eigenvalue weighted by Crippen LogP contribution is -2.61. The van der Waals surface area contributed by atoms with Crippen LogP contribution in [0.4, 0.5) is 10.1 Å². The van der Waals surface area contributed by atoms with Gasteiger partial charge in [0.25, 0.3) is 5.56 Å². The number of carbonyl (C=O) groups is 1. The number of nitrogens with one attached hydrogen (secondary N) is 1. The van der Waals surface area contributed by atoms with E-state index in [4.69, 9.17) is 11.6 Å². The number of anilines is 1. The van der Waals surface area contributed by atoms with Gasteiger partial charge in [0.05, 0.1) is 22.8 Å². The molecule has 2 atom stereocenters. The Bertz CT molecular complexity index is 1050. The Morgan fingerprint density at radius 3 is 2.53 bits per heavy atom. The summed E-state index contributed by atoms with van der Waals surface area (Å²) in [4.78, 5) is 25.3. The van der Waals surface area contributed by atoms with E-state index in [0.29, 0.717) is 43.3 Å². The molecule has 4 aliphatic carbocycles. The first-order valence-electron chi connectivity index (χ1n) is 10.3. The number of nitrogens with zero attached hydrogens (tertiary/aromatic N) is 2. The number of hydrogen-bond acceptors (Lipinski definition) is 4. The maximum absolute atomic E-state index is 13.2. The largest absolute Gasteiger partial charge is 0.481 e. The molecule has 4 fully saturated rings. The molecule has 1 aromatic heterocycles. The molecule has 2 unspecified atom stereocenters. The minimum atomic E-state index is -0.753. The number of hydrogen-bond donors (Lipinski definition) is 2. The molecule has 0 radical (unpaired) electrons. The number of rotatable bonds is 5. The Morgan fingerprint density at radius 2 is 1.90 bits per heavy atom. The average molecular weight is 432 g/mol. The summed E-state index contributed by atoms with van der Waals surface area (Å²) in [5, 5.41) is 17.5. The van der Waals surface area contributed by atoms with Gasteiger partial charge in [0.15, 0.2) is 0 Å². The van der Waals surface area contributed by atoms with E-state index in [1.807, 2.05) is 0 Å². The van der Waals surface area contributed by atoms with Crippen LogP contribution in [0.1, 0.15) is 44.1 Å². The fraction of sp³-hybridized carbons (Fsp3) is 0.500. The number of carboxylic acid groups (broad SMARTS) is 1. The van der Waals surface area contributed by atoms with Gasteiger partial charge < -0.3 is 10.4 Å². The summed E-state index contributed by atoms with van der Waals surface area (Å²) in [6.45, 7) is 0.378. The zero-order valence-electron chi connectivity index (χ0n) is 16.4. The highest BCUT2D eigenvalue weighted by molar-refractivity contribution is 6.32. The Kier molecular flexibility index (Phi) is 4.43. The molecule has 1 aromatic carbocycles. The molecular weight excluding hydrogens is 409 g/mol. The Labute approximate surface area is 178 Å². The summed E-state index contributed by atoms with van der Waals surface area (Å²) in [7, 11) is 0. The highest BCUT2D eigenvalue weighted by atomic mass is 35.5. The number of benzene rings is 1. The lowest BCUT2D eigenvalue weighted by atomic mass is 9.47. The SMILES string of the molecule is O=C(O)C12CC3CC(C1)CC(n1ncc(NCc4ccc(F)cc4)c(Cl)c1=O)(C3)C2. The van der Waals surface area contributed by atoms with E-state index in [1.165, 1.54) is 16.8 Å². The molecule has 0 aliphatic heterocycles. The standard InChI is InChI=1S/C22H23ClFN3O3/c23-18-17(25-10-13-1-3-16(24)4-2-13)11-26-27(19(18)28)22-8-14-5-15(9-22)7-21(6-14,12-22)20(29)30/h1-4,11,14-15,25H,5-10,12H2,(H,29,30). The van der Waals surface area contributed by atoms with Gasteiger partial charge >= 0.3 is 5.97 Å². The number of aromatic nitrogens is 2. The molecule has 4 bridgehead atoms. The summed E-state index contributed by atoms with van der Waals surface area (Å²) in [5.41, 5.74) is -0.445. The van der Waals surface area contributed by atoms with E-state index in [2.05, 4.69) is 10.4 Å². The molecule has 2 aromatic rings. The average Bonchev–Trinajstić information content (AvgIpc) is 2.69. The topological polar surface area (TPSA) is 84.2 Å². The van der Waals surface area contributed by atoms with Crippen LogP contribution in [-0.4, -0.2) is 20.9 Å². The van der Waals surface area contributed by atoms with Crippen LogP contribution in [0.25, 0.3) is 0 Å². The van der Waals surface area contributed by atoms with E-state index in [9.17, 15) is 19.1 Å².